The highest BCUT2D eigenvalue weighted by atomic mass is 32.2. The molecule has 2 aromatic rings. The quantitative estimate of drug-likeness (QED) is 0.691. The average Bonchev–Trinajstić information content (AvgIpc) is 2.94. The number of hydrogen-bond donors (Lipinski definition) is 1. The highest BCUT2D eigenvalue weighted by molar-refractivity contribution is 7.99. The maximum Gasteiger partial charge on any atom is 0.257 e. The predicted molar refractivity (Wildman–Crippen MR) is 87.9 cm³/mol. The lowest BCUT2D eigenvalue weighted by Gasteiger charge is -2.18. The molecule has 1 saturated carbocycles. The fourth-order valence-corrected chi connectivity index (χ4v) is 3.21. The second-order valence-corrected chi connectivity index (χ2v) is 6.58. The number of nitrogens with zero attached hydrogens (tertiary/aromatic N) is 2. The Morgan fingerprint density at radius 2 is 2.36 bits per heavy atom. The molecule has 1 aliphatic rings. The molecule has 22 heavy (non-hydrogen) atoms. The lowest BCUT2D eigenvalue weighted by Crippen LogP contribution is -2.23. The van der Waals surface area contributed by atoms with Crippen LogP contribution in [-0.2, 0) is 4.79 Å². The van der Waals surface area contributed by atoms with E-state index in [-0.39, 0.29) is 11.7 Å². The fourth-order valence-electron chi connectivity index (χ4n) is 2.58. The number of para-hydroxylation sites is 2. The first-order chi connectivity index (χ1) is 10.7. The van der Waals surface area contributed by atoms with Crippen LogP contribution in [0.3, 0.4) is 0 Å². The van der Waals surface area contributed by atoms with Crippen LogP contribution < -0.4 is 5.43 Å². The van der Waals surface area contributed by atoms with E-state index in [1.165, 1.54) is 18.2 Å². The van der Waals surface area contributed by atoms with Crippen LogP contribution in [0.5, 0.6) is 0 Å². The molecular weight excluding hydrogens is 298 g/mol. The van der Waals surface area contributed by atoms with E-state index in [2.05, 4.69) is 22.4 Å². The van der Waals surface area contributed by atoms with Crippen LogP contribution in [0, 0.1) is 5.92 Å². The SMILES string of the molecule is CC1CCC/C(=N\NC(=O)CSc2nc3ccccc3o2)C1. The predicted octanol–water partition coefficient (Wildman–Crippen LogP) is 3.60. The lowest BCUT2D eigenvalue weighted by atomic mass is 9.89. The number of carbonyl (C=O) groups excluding carboxylic acids is 1. The number of amides is 1. The van der Waals surface area contributed by atoms with E-state index in [9.17, 15) is 4.79 Å². The molecule has 0 bridgehead atoms. The topological polar surface area (TPSA) is 67.5 Å². The van der Waals surface area contributed by atoms with Crippen LogP contribution >= 0.6 is 11.8 Å². The van der Waals surface area contributed by atoms with Crippen LogP contribution in [0.25, 0.3) is 11.1 Å². The molecule has 1 unspecified atom stereocenters. The average molecular weight is 317 g/mol. The number of oxazole rings is 1. The Hall–Kier alpha value is -1.82. The zero-order chi connectivity index (χ0) is 15.4. The highest BCUT2D eigenvalue weighted by Gasteiger charge is 2.14. The summed E-state index contributed by atoms with van der Waals surface area (Å²) in [5, 5.41) is 4.75. The molecule has 3 rings (SSSR count). The van der Waals surface area contributed by atoms with Crippen LogP contribution in [0.2, 0.25) is 0 Å². The third kappa shape index (κ3) is 3.88. The van der Waals surface area contributed by atoms with E-state index in [0.29, 0.717) is 11.1 Å². The Morgan fingerprint density at radius 1 is 1.50 bits per heavy atom. The maximum absolute atomic E-state index is 11.8. The summed E-state index contributed by atoms with van der Waals surface area (Å²) in [5.41, 5.74) is 5.28. The van der Waals surface area contributed by atoms with Crippen molar-refractivity contribution in [2.45, 2.75) is 37.8 Å². The molecule has 1 atom stereocenters. The first kappa shape index (κ1) is 15.1. The van der Waals surface area contributed by atoms with E-state index in [0.717, 1.165) is 36.1 Å². The minimum Gasteiger partial charge on any atom is -0.431 e. The second-order valence-electron chi connectivity index (χ2n) is 5.65. The molecule has 116 valence electrons. The molecule has 0 aliphatic heterocycles. The molecule has 0 spiro atoms. The lowest BCUT2D eigenvalue weighted by molar-refractivity contribution is -0.118. The summed E-state index contributed by atoms with van der Waals surface area (Å²) >= 11 is 1.28. The van der Waals surface area contributed by atoms with Gasteiger partial charge in [-0.25, -0.2) is 10.4 Å². The molecule has 5 nitrogen and oxygen atoms in total. The van der Waals surface area contributed by atoms with Crippen molar-refractivity contribution in [1.29, 1.82) is 0 Å². The van der Waals surface area contributed by atoms with E-state index in [1.54, 1.807) is 0 Å². The van der Waals surface area contributed by atoms with Gasteiger partial charge in [0.05, 0.1) is 5.75 Å². The molecule has 0 saturated heterocycles. The number of carbonyl (C=O) groups is 1. The summed E-state index contributed by atoms with van der Waals surface area (Å²) in [6.45, 7) is 2.22. The van der Waals surface area contributed by atoms with Gasteiger partial charge in [0, 0.05) is 5.71 Å². The van der Waals surface area contributed by atoms with E-state index in [4.69, 9.17) is 4.42 Å². The van der Waals surface area contributed by atoms with Crippen LogP contribution in [0.15, 0.2) is 39.0 Å². The number of benzene rings is 1. The normalized spacial score (nSPS) is 20.4. The molecule has 1 aromatic heterocycles. The van der Waals surface area contributed by atoms with Gasteiger partial charge in [-0.2, -0.15) is 5.10 Å². The van der Waals surface area contributed by atoms with E-state index < -0.39 is 0 Å². The van der Waals surface area contributed by atoms with Gasteiger partial charge in [-0.1, -0.05) is 30.8 Å². The molecule has 1 fully saturated rings. The Morgan fingerprint density at radius 3 is 3.18 bits per heavy atom. The van der Waals surface area contributed by atoms with Crippen LogP contribution in [0.1, 0.15) is 32.6 Å². The van der Waals surface area contributed by atoms with Crippen molar-refractivity contribution >= 4 is 34.5 Å². The Bertz CT molecular complexity index is 663. The van der Waals surface area contributed by atoms with E-state index in [1.807, 2.05) is 24.3 Å². The zero-order valence-corrected chi connectivity index (χ0v) is 13.4. The molecule has 1 aromatic carbocycles. The van der Waals surface area contributed by atoms with Crippen molar-refractivity contribution in [1.82, 2.24) is 10.4 Å². The number of nitrogens with one attached hydrogen (secondary N) is 1. The number of fused-ring (bicyclic) bond motifs is 1. The molecule has 6 heteroatoms. The first-order valence-corrected chi connectivity index (χ1v) is 8.52. The molecular formula is C16H19N3O2S. The summed E-state index contributed by atoms with van der Waals surface area (Å²) in [6.07, 6.45) is 4.38. The van der Waals surface area contributed by atoms with Gasteiger partial charge in [0.25, 0.3) is 11.1 Å². The number of hydrogen-bond acceptors (Lipinski definition) is 5. The number of aromatic nitrogens is 1. The summed E-state index contributed by atoms with van der Waals surface area (Å²) < 4.78 is 5.56. The Kier molecular flexibility index (Phi) is 4.77. The second kappa shape index (κ2) is 6.96. The summed E-state index contributed by atoms with van der Waals surface area (Å²) in [6, 6.07) is 7.56. The van der Waals surface area contributed by atoms with Gasteiger partial charge >= 0.3 is 0 Å². The van der Waals surface area contributed by atoms with Gasteiger partial charge in [-0.15, -0.1) is 0 Å². The van der Waals surface area contributed by atoms with E-state index >= 15 is 0 Å². The van der Waals surface area contributed by atoms with Gasteiger partial charge in [-0.05, 0) is 43.7 Å². The van der Waals surface area contributed by atoms with Crippen LogP contribution in [0.4, 0.5) is 0 Å². The zero-order valence-electron chi connectivity index (χ0n) is 12.5. The minimum atomic E-state index is -0.127. The standard InChI is InChI=1S/C16H19N3O2S/c1-11-5-4-6-12(9-11)18-19-15(20)10-22-16-17-13-7-2-3-8-14(13)21-16/h2-3,7-8,11H,4-6,9-10H2,1H3,(H,19,20)/b18-12+. The minimum absolute atomic E-state index is 0.127. The van der Waals surface area contributed by atoms with Crippen molar-refractivity contribution in [3.05, 3.63) is 24.3 Å². The summed E-state index contributed by atoms with van der Waals surface area (Å²) in [4.78, 5) is 16.2. The Balaban J connectivity index is 1.50. The first-order valence-electron chi connectivity index (χ1n) is 7.53. The third-order valence-electron chi connectivity index (χ3n) is 3.69. The monoisotopic (exact) mass is 317 g/mol. The van der Waals surface area contributed by atoms with Gasteiger partial charge in [-0.3, -0.25) is 4.79 Å². The van der Waals surface area contributed by atoms with Crippen LogP contribution in [-0.4, -0.2) is 22.4 Å². The molecule has 0 radical (unpaired) electrons. The third-order valence-corrected chi connectivity index (χ3v) is 4.51. The van der Waals surface area contributed by atoms with Gasteiger partial charge in [0.15, 0.2) is 5.58 Å². The maximum atomic E-state index is 11.8. The number of rotatable bonds is 4. The van der Waals surface area contributed by atoms with Gasteiger partial charge in [0.1, 0.15) is 5.52 Å². The van der Waals surface area contributed by atoms with Crippen molar-refractivity contribution in [3.8, 4) is 0 Å². The van der Waals surface area contributed by atoms with Crippen molar-refractivity contribution in [3.63, 3.8) is 0 Å². The molecule has 1 heterocycles. The van der Waals surface area contributed by atoms with Crippen molar-refractivity contribution in [2.75, 3.05) is 5.75 Å². The number of thioether (sulfide) groups is 1. The largest absolute Gasteiger partial charge is 0.431 e. The van der Waals surface area contributed by atoms with Gasteiger partial charge < -0.3 is 4.42 Å². The van der Waals surface area contributed by atoms with Gasteiger partial charge in [0.2, 0.25) is 0 Å². The van der Waals surface area contributed by atoms with Crippen molar-refractivity contribution < 1.29 is 9.21 Å². The summed E-state index contributed by atoms with van der Waals surface area (Å²) in [7, 11) is 0. The molecule has 1 aliphatic carbocycles. The summed E-state index contributed by atoms with van der Waals surface area (Å²) in [5.74, 6) is 0.788. The highest BCUT2D eigenvalue weighted by Crippen LogP contribution is 2.23. The Labute approximate surface area is 133 Å². The fraction of sp³-hybridized carbons (Fsp3) is 0.438. The molecule has 1 N–H and O–H groups in total. The smallest absolute Gasteiger partial charge is 0.257 e. The molecule has 1 amide bonds. The number of hydrazone groups is 1. The van der Waals surface area contributed by atoms with Crippen molar-refractivity contribution in [2.24, 2.45) is 11.0 Å².